The molecule has 0 aliphatic carbocycles. The van der Waals surface area contributed by atoms with E-state index in [1.165, 1.54) is 5.56 Å². The third-order valence-electron chi connectivity index (χ3n) is 2.56. The zero-order valence-electron chi connectivity index (χ0n) is 11.7. The summed E-state index contributed by atoms with van der Waals surface area (Å²) in [5, 5.41) is 7.52. The molecule has 0 bridgehead atoms. The minimum atomic E-state index is 0.288. The summed E-state index contributed by atoms with van der Waals surface area (Å²) in [6, 6.07) is 2.42. The second kappa shape index (κ2) is 9.77. The molecule has 0 amide bonds. The number of thiophene rings is 1. The third-order valence-corrected chi connectivity index (χ3v) is 3.29. The summed E-state index contributed by atoms with van der Waals surface area (Å²) in [4.78, 5) is 4.38. The average Bonchev–Trinajstić information content (AvgIpc) is 2.89. The lowest BCUT2D eigenvalue weighted by Crippen LogP contribution is -2.46. The maximum atomic E-state index is 5.46. The van der Waals surface area contributed by atoms with Crippen LogP contribution in [0, 0.1) is 0 Å². The molecule has 1 rings (SSSR count). The van der Waals surface area contributed by atoms with E-state index >= 15 is 0 Å². The van der Waals surface area contributed by atoms with Gasteiger partial charge in [0.05, 0.1) is 0 Å². The molecule has 108 valence electrons. The van der Waals surface area contributed by atoms with Crippen LogP contribution in [0.15, 0.2) is 21.8 Å². The normalized spacial score (nSPS) is 13.3. The van der Waals surface area contributed by atoms with Crippen molar-refractivity contribution in [1.29, 1.82) is 0 Å². The van der Waals surface area contributed by atoms with Crippen molar-refractivity contribution >= 4 is 17.3 Å². The SMILES string of the molecule is CCOCCCN=C(NN)NC(C)Cc1ccsc1. The molecule has 0 aromatic carbocycles. The van der Waals surface area contributed by atoms with Gasteiger partial charge in [-0.2, -0.15) is 11.3 Å². The second-order valence-corrected chi connectivity index (χ2v) is 5.09. The lowest BCUT2D eigenvalue weighted by Gasteiger charge is -2.16. The minimum absolute atomic E-state index is 0.288. The van der Waals surface area contributed by atoms with Gasteiger partial charge in [-0.05, 0) is 49.1 Å². The van der Waals surface area contributed by atoms with Gasteiger partial charge in [0, 0.05) is 25.8 Å². The van der Waals surface area contributed by atoms with Crippen molar-refractivity contribution in [1.82, 2.24) is 10.7 Å². The highest BCUT2D eigenvalue weighted by Gasteiger charge is 2.05. The van der Waals surface area contributed by atoms with Gasteiger partial charge < -0.3 is 10.1 Å². The fraction of sp³-hybridized carbons (Fsp3) is 0.615. The molecule has 1 aromatic heterocycles. The number of hydrogen-bond acceptors (Lipinski definition) is 4. The van der Waals surface area contributed by atoms with E-state index in [9.17, 15) is 0 Å². The molecule has 1 atom stereocenters. The summed E-state index contributed by atoms with van der Waals surface area (Å²) in [5.74, 6) is 6.10. The number of nitrogens with two attached hydrogens (primary N) is 1. The van der Waals surface area contributed by atoms with E-state index in [0.29, 0.717) is 12.5 Å². The highest BCUT2D eigenvalue weighted by atomic mass is 32.1. The maximum absolute atomic E-state index is 5.46. The van der Waals surface area contributed by atoms with Crippen LogP contribution in [-0.4, -0.2) is 31.8 Å². The van der Waals surface area contributed by atoms with E-state index in [-0.39, 0.29) is 6.04 Å². The molecule has 0 fully saturated rings. The van der Waals surface area contributed by atoms with E-state index in [0.717, 1.165) is 26.1 Å². The highest BCUT2D eigenvalue weighted by Crippen LogP contribution is 2.08. The van der Waals surface area contributed by atoms with Gasteiger partial charge in [-0.3, -0.25) is 10.4 Å². The van der Waals surface area contributed by atoms with Crippen LogP contribution in [0.4, 0.5) is 0 Å². The van der Waals surface area contributed by atoms with Crippen LogP contribution in [0.2, 0.25) is 0 Å². The number of nitrogens with one attached hydrogen (secondary N) is 2. The fourth-order valence-corrected chi connectivity index (χ4v) is 2.36. The van der Waals surface area contributed by atoms with Crippen LogP contribution >= 0.6 is 11.3 Å². The van der Waals surface area contributed by atoms with Crippen LogP contribution in [-0.2, 0) is 11.2 Å². The van der Waals surface area contributed by atoms with Gasteiger partial charge in [0.25, 0.3) is 0 Å². The van der Waals surface area contributed by atoms with Crippen LogP contribution in [0.25, 0.3) is 0 Å². The molecule has 4 N–H and O–H groups in total. The first kappa shape index (κ1) is 15.9. The Morgan fingerprint density at radius 1 is 1.58 bits per heavy atom. The molecule has 5 nitrogen and oxygen atoms in total. The molecular weight excluding hydrogens is 260 g/mol. The second-order valence-electron chi connectivity index (χ2n) is 4.31. The number of hydrogen-bond donors (Lipinski definition) is 3. The summed E-state index contributed by atoms with van der Waals surface area (Å²) in [7, 11) is 0. The van der Waals surface area contributed by atoms with Gasteiger partial charge in [0.2, 0.25) is 5.96 Å². The third kappa shape index (κ3) is 7.15. The van der Waals surface area contributed by atoms with Crippen molar-refractivity contribution < 1.29 is 4.74 Å². The Labute approximate surface area is 119 Å². The zero-order valence-corrected chi connectivity index (χ0v) is 12.5. The Kier molecular flexibility index (Phi) is 8.20. The first-order valence-corrected chi connectivity index (χ1v) is 7.57. The van der Waals surface area contributed by atoms with E-state index < -0.39 is 0 Å². The predicted octanol–water partition coefficient (Wildman–Crippen LogP) is 1.51. The fourth-order valence-electron chi connectivity index (χ4n) is 1.68. The van der Waals surface area contributed by atoms with Crippen molar-refractivity contribution in [2.75, 3.05) is 19.8 Å². The van der Waals surface area contributed by atoms with Crippen LogP contribution in [0.1, 0.15) is 25.8 Å². The van der Waals surface area contributed by atoms with Gasteiger partial charge in [-0.1, -0.05) is 0 Å². The quantitative estimate of drug-likeness (QED) is 0.222. The van der Waals surface area contributed by atoms with Crippen molar-refractivity contribution in [2.24, 2.45) is 10.8 Å². The average molecular weight is 284 g/mol. The molecule has 1 aromatic rings. The summed E-state index contributed by atoms with van der Waals surface area (Å²) in [6.45, 7) is 6.30. The zero-order chi connectivity index (χ0) is 13.9. The standard InChI is InChI=1S/C13H24N4OS/c1-3-18-7-4-6-15-13(17-14)16-11(2)9-12-5-8-19-10-12/h5,8,10-11H,3-4,6-7,9,14H2,1-2H3,(H2,15,16,17). The number of guanidine groups is 1. The Bertz CT molecular complexity index is 354. The summed E-state index contributed by atoms with van der Waals surface area (Å²) >= 11 is 1.72. The molecule has 19 heavy (non-hydrogen) atoms. The Hall–Kier alpha value is -1.11. The molecule has 0 aliphatic heterocycles. The Balaban J connectivity index is 2.27. The van der Waals surface area contributed by atoms with Gasteiger partial charge in [0.1, 0.15) is 0 Å². The van der Waals surface area contributed by atoms with E-state index in [1.54, 1.807) is 11.3 Å². The number of ether oxygens (including phenoxy) is 1. The molecule has 0 radical (unpaired) electrons. The topological polar surface area (TPSA) is 71.7 Å². The number of hydrazine groups is 1. The largest absolute Gasteiger partial charge is 0.382 e. The van der Waals surface area contributed by atoms with Gasteiger partial charge in [-0.15, -0.1) is 0 Å². The van der Waals surface area contributed by atoms with Gasteiger partial charge >= 0.3 is 0 Å². The van der Waals surface area contributed by atoms with E-state index in [4.69, 9.17) is 10.6 Å². The molecule has 0 saturated carbocycles. The van der Waals surface area contributed by atoms with Crippen molar-refractivity contribution in [2.45, 2.75) is 32.7 Å². The predicted molar refractivity (Wildman–Crippen MR) is 81.4 cm³/mol. The minimum Gasteiger partial charge on any atom is -0.382 e. The van der Waals surface area contributed by atoms with E-state index in [2.05, 4.69) is 39.5 Å². The maximum Gasteiger partial charge on any atom is 0.205 e. The van der Waals surface area contributed by atoms with Crippen LogP contribution in [0.3, 0.4) is 0 Å². The first-order valence-electron chi connectivity index (χ1n) is 6.62. The van der Waals surface area contributed by atoms with Crippen LogP contribution in [0.5, 0.6) is 0 Å². The lowest BCUT2D eigenvalue weighted by atomic mass is 10.1. The molecule has 0 aliphatic rings. The van der Waals surface area contributed by atoms with Gasteiger partial charge in [-0.25, -0.2) is 5.84 Å². The Morgan fingerprint density at radius 3 is 3.05 bits per heavy atom. The van der Waals surface area contributed by atoms with Gasteiger partial charge in [0.15, 0.2) is 0 Å². The molecular formula is C13H24N4OS. The highest BCUT2D eigenvalue weighted by molar-refractivity contribution is 7.07. The first-order chi connectivity index (χ1) is 9.26. The van der Waals surface area contributed by atoms with Crippen molar-refractivity contribution in [3.05, 3.63) is 22.4 Å². The smallest absolute Gasteiger partial charge is 0.205 e. The molecule has 1 heterocycles. The molecule has 0 spiro atoms. The summed E-state index contributed by atoms with van der Waals surface area (Å²) in [6.07, 6.45) is 1.86. The number of aliphatic imine (C=N–C) groups is 1. The van der Waals surface area contributed by atoms with E-state index in [1.807, 2.05) is 6.92 Å². The number of nitrogens with zero attached hydrogens (tertiary/aromatic N) is 1. The summed E-state index contributed by atoms with van der Waals surface area (Å²) < 4.78 is 5.26. The van der Waals surface area contributed by atoms with Crippen molar-refractivity contribution in [3.8, 4) is 0 Å². The molecule has 0 saturated heterocycles. The van der Waals surface area contributed by atoms with Crippen LogP contribution < -0.4 is 16.6 Å². The monoisotopic (exact) mass is 284 g/mol. The molecule has 6 heteroatoms. The lowest BCUT2D eigenvalue weighted by molar-refractivity contribution is 0.146. The Morgan fingerprint density at radius 2 is 2.42 bits per heavy atom. The summed E-state index contributed by atoms with van der Waals surface area (Å²) in [5.41, 5.74) is 3.94. The number of rotatable bonds is 8. The van der Waals surface area contributed by atoms with Crippen molar-refractivity contribution in [3.63, 3.8) is 0 Å². The molecule has 1 unspecified atom stereocenters.